The van der Waals surface area contributed by atoms with Crippen molar-refractivity contribution in [1.29, 1.82) is 0 Å². The fraction of sp³-hybridized carbons (Fsp3) is 0.297. The zero-order valence-electron chi connectivity index (χ0n) is 27.3. The summed E-state index contributed by atoms with van der Waals surface area (Å²) in [5.41, 5.74) is 11.5. The molecule has 0 aromatic heterocycles. The van der Waals surface area contributed by atoms with Crippen molar-refractivity contribution in [2.45, 2.75) is 37.5 Å². The van der Waals surface area contributed by atoms with Gasteiger partial charge in [0.05, 0.1) is 27.4 Å². The van der Waals surface area contributed by atoms with Gasteiger partial charge in [0.1, 0.15) is 17.2 Å². The van der Waals surface area contributed by atoms with E-state index >= 15 is 0 Å². The van der Waals surface area contributed by atoms with Gasteiger partial charge in [0.15, 0.2) is 11.6 Å². The van der Waals surface area contributed by atoms with Crippen molar-refractivity contribution in [3.05, 3.63) is 134 Å². The first-order valence-corrected chi connectivity index (χ1v) is 16.6. The molecule has 4 aromatic rings. The molecule has 1 aliphatic heterocycles. The number of nitrogens with one attached hydrogen (secondary N) is 1. The quantitative estimate of drug-likeness (QED) is 0.0556. The Morgan fingerprint density at radius 3 is 2.45 bits per heavy atom. The summed E-state index contributed by atoms with van der Waals surface area (Å²) in [5, 5.41) is 16.1. The highest BCUT2D eigenvalue weighted by molar-refractivity contribution is 9.10. The normalized spacial score (nSPS) is 16.6. The molecule has 2 N–H and O–H groups in total. The van der Waals surface area contributed by atoms with E-state index < -0.39 is 11.6 Å². The number of amides is 1. The van der Waals surface area contributed by atoms with E-state index in [0.717, 1.165) is 26.7 Å². The Kier molecular flexibility index (Phi) is 12.2. The summed E-state index contributed by atoms with van der Waals surface area (Å²) in [4.78, 5) is 22.8. The number of rotatable bonds is 16. The highest BCUT2D eigenvalue weighted by Crippen LogP contribution is 2.45. The molecule has 12 heteroatoms. The second-order valence-corrected chi connectivity index (χ2v) is 12.2. The molecular weight excluding hydrogens is 690 g/mol. The number of aliphatic imine (C=N–C) groups is 1. The fourth-order valence-electron chi connectivity index (χ4n) is 5.77. The molecule has 0 bridgehead atoms. The van der Waals surface area contributed by atoms with Crippen LogP contribution in [-0.2, 0) is 28.9 Å². The monoisotopic (exact) mass is 727 g/mol. The predicted molar refractivity (Wildman–Crippen MR) is 190 cm³/mol. The third-order valence-corrected chi connectivity index (χ3v) is 8.99. The number of ether oxygens (including phenoxy) is 4. The van der Waals surface area contributed by atoms with Crippen molar-refractivity contribution in [1.82, 2.24) is 5.32 Å². The first-order valence-electron chi connectivity index (χ1n) is 15.8. The first kappa shape index (κ1) is 35.3. The molecule has 0 radical (unpaired) electrons. The summed E-state index contributed by atoms with van der Waals surface area (Å²) in [6.45, 7) is 0.840. The van der Waals surface area contributed by atoms with Gasteiger partial charge in [-0.25, -0.2) is 4.99 Å². The number of halogens is 1. The largest absolute Gasteiger partial charge is 0.497 e. The Morgan fingerprint density at radius 2 is 1.73 bits per heavy atom. The average Bonchev–Trinajstić information content (AvgIpc) is 3.51. The van der Waals surface area contributed by atoms with Crippen LogP contribution in [0.5, 0.6) is 17.2 Å². The second-order valence-electron chi connectivity index (χ2n) is 11.3. The van der Waals surface area contributed by atoms with Gasteiger partial charge in [0.25, 0.3) is 5.91 Å². The Labute approximate surface area is 293 Å². The maximum Gasteiger partial charge on any atom is 0.252 e. The van der Waals surface area contributed by atoms with E-state index in [4.69, 9.17) is 34.6 Å². The molecule has 49 heavy (non-hydrogen) atoms. The molecule has 1 heterocycles. The molecule has 0 spiro atoms. The zero-order chi connectivity index (χ0) is 34.6. The maximum atomic E-state index is 14.7. The minimum Gasteiger partial charge on any atom is -0.497 e. The van der Waals surface area contributed by atoms with E-state index in [1.54, 1.807) is 14.2 Å². The van der Waals surface area contributed by atoms with Crippen LogP contribution in [0.15, 0.2) is 106 Å². The SMILES string of the molecule is COc1ccc(OC)c(CCNC(=O)[C@]2(Cc3ccccc3CN=[N+]=[N-])N=C(c3ccc(OCCCO)cc3)O[C@@H]2c2ccccc2Br)c1. The van der Waals surface area contributed by atoms with Crippen molar-refractivity contribution in [3.63, 3.8) is 0 Å². The molecule has 2 atom stereocenters. The fourth-order valence-corrected chi connectivity index (χ4v) is 6.26. The summed E-state index contributed by atoms with van der Waals surface area (Å²) in [5.74, 6) is 2.00. The van der Waals surface area contributed by atoms with Crippen molar-refractivity contribution >= 4 is 27.7 Å². The van der Waals surface area contributed by atoms with Crippen molar-refractivity contribution < 1.29 is 28.8 Å². The van der Waals surface area contributed by atoms with Gasteiger partial charge in [-0.2, -0.15) is 0 Å². The van der Waals surface area contributed by atoms with Crippen molar-refractivity contribution in [2.75, 3.05) is 34.0 Å². The highest BCUT2D eigenvalue weighted by Gasteiger charge is 2.54. The number of carbonyl (C=O) groups excluding carboxylic acids is 1. The van der Waals surface area contributed by atoms with Crippen LogP contribution >= 0.6 is 15.9 Å². The molecule has 4 aromatic carbocycles. The van der Waals surface area contributed by atoms with Crippen LogP contribution in [0.4, 0.5) is 0 Å². The molecule has 11 nitrogen and oxygen atoms in total. The molecule has 1 amide bonds. The van der Waals surface area contributed by atoms with E-state index in [-0.39, 0.29) is 32.0 Å². The van der Waals surface area contributed by atoms with Gasteiger partial charge in [-0.15, -0.1) is 0 Å². The Morgan fingerprint density at radius 1 is 1.00 bits per heavy atom. The number of aliphatic hydroxyl groups is 1. The topological polar surface area (TPSA) is 147 Å². The van der Waals surface area contributed by atoms with Gasteiger partial charge < -0.3 is 29.4 Å². The second kappa shape index (κ2) is 16.9. The summed E-state index contributed by atoms with van der Waals surface area (Å²) in [7, 11) is 3.21. The van der Waals surface area contributed by atoms with Crippen molar-refractivity contribution in [3.8, 4) is 17.2 Å². The molecule has 1 aliphatic rings. The third-order valence-electron chi connectivity index (χ3n) is 8.27. The molecule has 254 valence electrons. The summed E-state index contributed by atoms with van der Waals surface area (Å²) in [6.07, 6.45) is 0.340. The number of hydrogen-bond donors (Lipinski definition) is 2. The predicted octanol–water partition coefficient (Wildman–Crippen LogP) is 6.90. The molecule has 0 saturated carbocycles. The van der Waals surface area contributed by atoms with E-state index in [0.29, 0.717) is 48.2 Å². The lowest BCUT2D eigenvalue weighted by atomic mass is 9.81. The Balaban J connectivity index is 1.57. The standard InChI is InChI=1S/C37H38BrN5O6/c1-46-30-16-17-33(47-2)26(22-30)18-19-40-36(45)37(23-27-8-3-4-9-28(27)24-41-43-39)34(31-10-5-6-11-32(31)38)49-35(42-37)25-12-14-29(15-13-25)48-21-7-20-44/h3-6,8-17,22,34,44H,7,18-21,23-24H2,1-2H3,(H,40,45)/t34-,37-/m1/s1. The molecular formula is C37H38BrN5O6. The van der Waals surface area contributed by atoms with E-state index in [1.807, 2.05) is 91.0 Å². The Bertz CT molecular complexity index is 1830. The van der Waals surface area contributed by atoms with Gasteiger partial charge in [-0.1, -0.05) is 63.5 Å². The van der Waals surface area contributed by atoms with Crippen LogP contribution in [-0.4, -0.2) is 56.4 Å². The summed E-state index contributed by atoms with van der Waals surface area (Å²) >= 11 is 3.69. The van der Waals surface area contributed by atoms with Gasteiger partial charge >= 0.3 is 0 Å². The third kappa shape index (κ3) is 8.34. The van der Waals surface area contributed by atoms with Crippen LogP contribution in [0.2, 0.25) is 0 Å². The molecule has 0 saturated heterocycles. The summed E-state index contributed by atoms with van der Waals surface area (Å²) in [6, 6.07) is 28.0. The van der Waals surface area contributed by atoms with Gasteiger partial charge in [-0.3, -0.25) is 4.79 Å². The van der Waals surface area contributed by atoms with Crippen LogP contribution in [0.25, 0.3) is 10.4 Å². The van der Waals surface area contributed by atoms with Crippen LogP contribution in [0.3, 0.4) is 0 Å². The van der Waals surface area contributed by atoms with E-state index in [9.17, 15) is 4.79 Å². The van der Waals surface area contributed by atoms with Gasteiger partial charge in [0, 0.05) is 46.5 Å². The Hall–Kier alpha value is -5.03. The lowest BCUT2D eigenvalue weighted by Gasteiger charge is -2.32. The highest BCUT2D eigenvalue weighted by atomic mass is 79.9. The number of carbonyl (C=O) groups is 1. The maximum absolute atomic E-state index is 14.7. The van der Waals surface area contributed by atoms with E-state index in [2.05, 4.69) is 31.3 Å². The lowest BCUT2D eigenvalue weighted by Crippen LogP contribution is -2.50. The minimum absolute atomic E-state index is 0.0440. The summed E-state index contributed by atoms with van der Waals surface area (Å²) < 4.78 is 24.2. The smallest absolute Gasteiger partial charge is 0.252 e. The van der Waals surface area contributed by atoms with Gasteiger partial charge in [0.2, 0.25) is 5.90 Å². The number of methoxy groups -OCH3 is 2. The molecule has 5 rings (SSSR count). The molecule has 0 unspecified atom stereocenters. The number of aliphatic hydroxyl groups excluding tert-OH is 1. The van der Waals surface area contributed by atoms with Crippen LogP contribution < -0.4 is 19.5 Å². The van der Waals surface area contributed by atoms with Gasteiger partial charge in [-0.05, 0) is 77.2 Å². The number of azide groups is 1. The van der Waals surface area contributed by atoms with Crippen molar-refractivity contribution in [2.24, 2.45) is 10.1 Å². The molecule has 0 aliphatic carbocycles. The van der Waals surface area contributed by atoms with Crippen LogP contribution in [0, 0.1) is 0 Å². The number of benzene rings is 4. The molecule has 0 fully saturated rings. The number of nitrogens with zero attached hydrogens (tertiary/aromatic N) is 4. The van der Waals surface area contributed by atoms with E-state index in [1.165, 1.54) is 0 Å². The first-order chi connectivity index (χ1) is 23.9. The van der Waals surface area contributed by atoms with Crippen LogP contribution in [0.1, 0.15) is 40.3 Å². The zero-order valence-corrected chi connectivity index (χ0v) is 28.9. The number of hydrogen-bond acceptors (Lipinski definition) is 8. The lowest BCUT2D eigenvalue weighted by molar-refractivity contribution is -0.128. The minimum atomic E-state index is -1.46. The average molecular weight is 729 g/mol.